The highest BCUT2D eigenvalue weighted by Gasteiger charge is 1.99. The maximum Gasteiger partial charge on any atom is 0.123 e. The van der Waals surface area contributed by atoms with Gasteiger partial charge in [-0.3, -0.25) is 4.98 Å². The summed E-state index contributed by atoms with van der Waals surface area (Å²) in [5.74, 6) is -0.192. The predicted molar refractivity (Wildman–Crippen MR) is 67.6 cm³/mol. The lowest BCUT2D eigenvalue weighted by atomic mass is 10.1. The number of rotatable bonds is 4. The first-order valence-electron chi connectivity index (χ1n) is 5.64. The average Bonchev–Trinajstić information content (AvgIpc) is 2.33. The van der Waals surface area contributed by atoms with E-state index in [-0.39, 0.29) is 5.82 Å². The van der Waals surface area contributed by atoms with E-state index in [1.807, 2.05) is 19.1 Å². The summed E-state index contributed by atoms with van der Waals surface area (Å²) in [6.45, 7) is 2.73. The summed E-state index contributed by atoms with van der Waals surface area (Å²) in [7, 11) is 0. The normalized spacial score (nSPS) is 10.2. The Morgan fingerprint density at radius 1 is 1.18 bits per heavy atom. The first kappa shape index (κ1) is 11.6. The van der Waals surface area contributed by atoms with Gasteiger partial charge in [0.05, 0.1) is 0 Å². The zero-order chi connectivity index (χ0) is 12.1. The summed E-state index contributed by atoms with van der Waals surface area (Å²) in [6, 6.07) is 8.78. The zero-order valence-corrected chi connectivity index (χ0v) is 9.78. The van der Waals surface area contributed by atoms with Gasteiger partial charge in [-0.1, -0.05) is 0 Å². The van der Waals surface area contributed by atoms with Crippen molar-refractivity contribution >= 4 is 5.69 Å². The highest BCUT2D eigenvalue weighted by Crippen LogP contribution is 2.15. The van der Waals surface area contributed by atoms with Crippen LogP contribution >= 0.6 is 0 Å². The number of hydrogen-bond acceptors (Lipinski definition) is 2. The average molecular weight is 230 g/mol. The first-order valence-corrected chi connectivity index (χ1v) is 5.64. The second kappa shape index (κ2) is 5.43. The quantitative estimate of drug-likeness (QED) is 0.872. The number of pyridine rings is 1. The Morgan fingerprint density at radius 2 is 1.94 bits per heavy atom. The molecule has 3 heteroatoms. The first-order chi connectivity index (χ1) is 8.25. The molecule has 2 nitrogen and oxygen atoms in total. The van der Waals surface area contributed by atoms with Crippen molar-refractivity contribution in [2.75, 3.05) is 11.9 Å². The van der Waals surface area contributed by atoms with Gasteiger partial charge in [0.25, 0.3) is 0 Å². The van der Waals surface area contributed by atoms with Crippen molar-refractivity contribution in [1.29, 1.82) is 0 Å². The summed E-state index contributed by atoms with van der Waals surface area (Å²) >= 11 is 0. The number of nitrogens with zero attached hydrogens (tertiary/aromatic N) is 1. The van der Waals surface area contributed by atoms with Gasteiger partial charge >= 0.3 is 0 Å². The van der Waals surface area contributed by atoms with E-state index in [2.05, 4.69) is 10.3 Å². The number of benzene rings is 1. The Hall–Kier alpha value is -1.90. The minimum Gasteiger partial charge on any atom is -0.384 e. The summed E-state index contributed by atoms with van der Waals surface area (Å²) in [4.78, 5) is 3.97. The fourth-order valence-corrected chi connectivity index (χ4v) is 1.72. The number of aryl methyl sites for hydroxylation is 1. The van der Waals surface area contributed by atoms with E-state index in [1.54, 1.807) is 18.5 Å². The van der Waals surface area contributed by atoms with Crippen LogP contribution in [0.3, 0.4) is 0 Å². The molecule has 0 aliphatic carbocycles. The van der Waals surface area contributed by atoms with Gasteiger partial charge in [-0.2, -0.15) is 0 Å². The van der Waals surface area contributed by atoms with Crippen molar-refractivity contribution < 1.29 is 4.39 Å². The van der Waals surface area contributed by atoms with E-state index in [9.17, 15) is 4.39 Å². The molecule has 0 fully saturated rings. The number of halogens is 1. The van der Waals surface area contributed by atoms with Gasteiger partial charge < -0.3 is 5.32 Å². The third kappa shape index (κ3) is 3.28. The molecule has 0 bridgehead atoms. The molecular formula is C14H15FN2. The maximum atomic E-state index is 12.9. The van der Waals surface area contributed by atoms with Crippen LogP contribution in [-0.2, 0) is 6.42 Å². The molecule has 0 saturated carbocycles. The highest BCUT2D eigenvalue weighted by atomic mass is 19.1. The summed E-state index contributed by atoms with van der Waals surface area (Å²) in [5, 5.41) is 3.30. The largest absolute Gasteiger partial charge is 0.384 e. The number of hydrogen-bond donors (Lipinski definition) is 1. The zero-order valence-electron chi connectivity index (χ0n) is 9.78. The summed E-state index contributed by atoms with van der Waals surface area (Å²) in [6.07, 6.45) is 4.51. The third-order valence-electron chi connectivity index (χ3n) is 2.67. The van der Waals surface area contributed by atoms with Crippen LogP contribution in [0.2, 0.25) is 0 Å². The number of aromatic nitrogens is 1. The SMILES string of the molecule is Cc1cc(F)ccc1NCCc1ccncc1. The summed E-state index contributed by atoms with van der Waals surface area (Å²) in [5.41, 5.74) is 3.16. The minimum atomic E-state index is -0.192. The van der Waals surface area contributed by atoms with Crippen molar-refractivity contribution in [3.8, 4) is 0 Å². The second-order valence-electron chi connectivity index (χ2n) is 3.99. The fraction of sp³-hybridized carbons (Fsp3) is 0.214. The molecule has 1 heterocycles. The van der Waals surface area contributed by atoms with Crippen LogP contribution in [0.25, 0.3) is 0 Å². The minimum absolute atomic E-state index is 0.192. The van der Waals surface area contributed by atoms with Gasteiger partial charge in [-0.15, -0.1) is 0 Å². The Bertz CT molecular complexity index is 483. The third-order valence-corrected chi connectivity index (χ3v) is 2.67. The Kier molecular flexibility index (Phi) is 3.70. The Labute approximate surface area is 101 Å². The molecule has 0 saturated heterocycles. The number of nitrogens with one attached hydrogen (secondary N) is 1. The molecule has 1 aromatic carbocycles. The maximum absolute atomic E-state index is 12.9. The smallest absolute Gasteiger partial charge is 0.123 e. The fourth-order valence-electron chi connectivity index (χ4n) is 1.72. The summed E-state index contributed by atoms with van der Waals surface area (Å²) < 4.78 is 12.9. The lowest BCUT2D eigenvalue weighted by Gasteiger charge is -2.09. The Balaban J connectivity index is 1.90. The van der Waals surface area contributed by atoms with E-state index in [0.717, 1.165) is 24.2 Å². The molecular weight excluding hydrogens is 215 g/mol. The molecule has 2 aromatic rings. The van der Waals surface area contributed by atoms with E-state index in [1.165, 1.54) is 17.7 Å². The van der Waals surface area contributed by atoms with Gasteiger partial charge in [0.15, 0.2) is 0 Å². The molecule has 2 rings (SSSR count). The van der Waals surface area contributed by atoms with Gasteiger partial charge in [0.2, 0.25) is 0 Å². The van der Waals surface area contributed by atoms with Crippen LogP contribution in [-0.4, -0.2) is 11.5 Å². The van der Waals surface area contributed by atoms with Crippen LogP contribution in [0.1, 0.15) is 11.1 Å². The van der Waals surface area contributed by atoms with Crippen molar-refractivity contribution in [1.82, 2.24) is 4.98 Å². The van der Waals surface area contributed by atoms with Crippen molar-refractivity contribution in [3.63, 3.8) is 0 Å². The molecule has 17 heavy (non-hydrogen) atoms. The molecule has 1 N–H and O–H groups in total. The van der Waals surface area contributed by atoms with Crippen LogP contribution < -0.4 is 5.32 Å². The van der Waals surface area contributed by atoms with E-state index in [0.29, 0.717) is 0 Å². The van der Waals surface area contributed by atoms with E-state index in [4.69, 9.17) is 0 Å². The van der Waals surface area contributed by atoms with Crippen LogP contribution in [0.5, 0.6) is 0 Å². The highest BCUT2D eigenvalue weighted by molar-refractivity contribution is 5.50. The molecule has 0 amide bonds. The van der Waals surface area contributed by atoms with Crippen molar-refractivity contribution in [2.24, 2.45) is 0 Å². The van der Waals surface area contributed by atoms with Gasteiger partial charge in [0, 0.05) is 24.6 Å². The van der Waals surface area contributed by atoms with Crippen molar-refractivity contribution in [2.45, 2.75) is 13.3 Å². The topological polar surface area (TPSA) is 24.9 Å². The molecule has 1 aromatic heterocycles. The monoisotopic (exact) mass is 230 g/mol. The molecule has 0 atom stereocenters. The van der Waals surface area contributed by atoms with Crippen LogP contribution in [0.4, 0.5) is 10.1 Å². The van der Waals surface area contributed by atoms with E-state index < -0.39 is 0 Å². The lowest BCUT2D eigenvalue weighted by molar-refractivity contribution is 0.627. The molecule has 0 radical (unpaired) electrons. The lowest BCUT2D eigenvalue weighted by Crippen LogP contribution is -2.06. The number of anilines is 1. The molecule has 0 aliphatic rings. The van der Waals surface area contributed by atoms with Gasteiger partial charge in [-0.05, 0) is 54.8 Å². The molecule has 0 aliphatic heterocycles. The second-order valence-corrected chi connectivity index (χ2v) is 3.99. The van der Waals surface area contributed by atoms with Gasteiger partial charge in [0.1, 0.15) is 5.82 Å². The standard InChI is InChI=1S/C14H15FN2/c1-11-10-13(15)2-3-14(11)17-9-6-12-4-7-16-8-5-12/h2-5,7-8,10,17H,6,9H2,1H3. The molecule has 0 spiro atoms. The Morgan fingerprint density at radius 3 is 2.65 bits per heavy atom. The van der Waals surface area contributed by atoms with E-state index >= 15 is 0 Å². The van der Waals surface area contributed by atoms with Crippen LogP contribution in [0, 0.1) is 12.7 Å². The predicted octanol–water partition coefficient (Wildman–Crippen LogP) is 3.18. The molecule has 88 valence electrons. The van der Waals surface area contributed by atoms with Gasteiger partial charge in [-0.25, -0.2) is 4.39 Å². The van der Waals surface area contributed by atoms with Crippen LogP contribution in [0.15, 0.2) is 42.7 Å². The molecule has 0 unspecified atom stereocenters. The van der Waals surface area contributed by atoms with Crippen molar-refractivity contribution in [3.05, 3.63) is 59.7 Å².